The highest BCUT2D eigenvalue weighted by atomic mass is 16.7. The van der Waals surface area contributed by atoms with Crippen molar-refractivity contribution < 1.29 is 24.2 Å². The highest BCUT2D eigenvalue weighted by Gasteiger charge is 2.42. The standard InChI is InChI=1S/C19H24N2O5/c22-17(23)13-6-10-21(11-7-13)18(24)20-14-4-5-15-16(12-14)26-19(25-15)8-2-1-3-9-19/h4-5,12-13H,1-3,6-11H2,(H,20,24)(H,22,23). The van der Waals surface area contributed by atoms with E-state index < -0.39 is 11.8 Å². The number of hydrogen-bond acceptors (Lipinski definition) is 4. The van der Waals surface area contributed by atoms with Gasteiger partial charge in [0.25, 0.3) is 5.79 Å². The minimum atomic E-state index is -0.780. The van der Waals surface area contributed by atoms with E-state index in [-0.39, 0.29) is 11.9 Å². The predicted molar refractivity (Wildman–Crippen MR) is 94.5 cm³/mol. The Balaban J connectivity index is 1.37. The fraction of sp³-hybridized carbons (Fsp3) is 0.579. The molecule has 2 aliphatic heterocycles. The molecule has 2 N–H and O–H groups in total. The number of benzene rings is 1. The van der Waals surface area contributed by atoms with Gasteiger partial charge in [-0.3, -0.25) is 4.79 Å². The summed E-state index contributed by atoms with van der Waals surface area (Å²) in [4.78, 5) is 25.1. The van der Waals surface area contributed by atoms with E-state index in [1.807, 2.05) is 12.1 Å². The summed E-state index contributed by atoms with van der Waals surface area (Å²) in [6.07, 6.45) is 6.18. The molecule has 1 saturated carbocycles. The first-order chi connectivity index (χ1) is 12.5. The van der Waals surface area contributed by atoms with Crippen LogP contribution in [0, 0.1) is 5.92 Å². The highest BCUT2D eigenvalue weighted by Crippen LogP contribution is 2.46. The number of fused-ring (bicyclic) bond motifs is 1. The summed E-state index contributed by atoms with van der Waals surface area (Å²) >= 11 is 0. The van der Waals surface area contributed by atoms with E-state index in [2.05, 4.69) is 5.32 Å². The van der Waals surface area contributed by atoms with Crippen LogP contribution in [0.25, 0.3) is 0 Å². The molecular weight excluding hydrogens is 336 g/mol. The number of nitrogens with one attached hydrogen (secondary N) is 1. The first-order valence-electron chi connectivity index (χ1n) is 9.35. The van der Waals surface area contributed by atoms with Crippen LogP contribution < -0.4 is 14.8 Å². The van der Waals surface area contributed by atoms with Crippen molar-refractivity contribution in [2.24, 2.45) is 5.92 Å². The minimum Gasteiger partial charge on any atom is -0.481 e. The molecule has 0 bridgehead atoms. The quantitative estimate of drug-likeness (QED) is 0.843. The van der Waals surface area contributed by atoms with Crippen molar-refractivity contribution in [1.29, 1.82) is 0 Å². The van der Waals surface area contributed by atoms with Gasteiger partial charge in [0, 0.05) is 37.7 Å². The highest BCUT2D eigenvalue weighted by molar-refractivity contribution is 5.90. The fourth-order valence-electron chi connectivity index (χ4n) is 4.00. The van der Waals surface area contributed by atoms with E-state index in [1.54, 1.807) is 11.0 Å². The summed E-state index contributed by atoms with van der Waals surface area (Å²) in [5, 5.41) is 11.9. The van der Waals surface area contributed by atoms with Crippen LogP contribution in [0.15, 0.2) is 18.2 Å². The van der Waals surface area contributed by atoms with Gasteiger partial charge in [-0.25, -0.2) is 4.79 Å². The maximum Gasteiger partial charge on any atom is 0.321 e. The van der Waals surface area contributed by atoms with Crippen molar-refractivity contribution in [3.05, 3.63) is 18.2 Å². The van der Waals surface area contributed by atoms with Crippen molar-refractivity contribution in [1.82, 2.24) is 4.90 Å². The smallest absolute Gasteiger partial charge is 0.321 e. The molecule has 0 unspecified atom stereocenters. The van der Waals surface area contributed by atoms with E-state index in [1.165, 1.54) is 6.42 Å². The molecule has 1 aromatic carbocycles. The normalized spacial score (nSPS) is 21.6. The van der Waals surface area contributed by atoms with E-state index in [0.717, 1.165) is 31.4 Å². The summed E-state index contributed by atoms with van der Waals surface area (Å²) in [6, 6.07) is 5.25. The molecule has 7 heteroatoms. The molecule has 1 spiro atoms. The Bertz CT molecular complexity index is 706. The fourth-order valence-corrected chi connectivity index (χ4v) is 4.00. The number of carbonyl (C=O) groups excluding carboxylic acids is 1. The molecule has 1 aromatic rings. The Morgan fingerprint density at radius 2 is 1.77 bits per heavy atom. The number of likely N-dealkylation sites (tertiary alicyclic amines) is 1. The van der Waals surface area contributed by atoms with Gasteiger partial charge in [-0.05, 0) is 37.8 Å². The summed E-state index contributed by atoms with van der Waals surface area (Å²) in [6.45, 7) is 0.910. The number of hydrogen-bond donors (Lipinski definition) is 2. The van der Waals surface area contributed by atoms with E-state index in [0.29, 0.717) is 37.4 Å². The number of aliphatic carboxylic acids is 1. The lowest BCUT2D eigenvalue weighted by molar-refractivity contribution is -0.143. The Labute approximate surface area is 152 Å². The molecule has 1 saturated heterocycles. The van der Waals surface area contributed by atoms with E-state index in [9.17, 15) is 9.59 Å². The number of carboxylic acid groups (broad SMARTS) is 1. The third-order valence-corrected chi connectivity index (χ3v) is 5.53. The Morgan fingerprint density at radius 1 is 1.08 bits per heavy atom. The number of carbonyl (C=O) groups is 2. The zero-order valence-corrected chi connectivity index (χ0v) is 14.7. The number of rotatable bonds is 2. The third-order valence-electron chi connectivity index (χ3n) is 5.53. The van der Waals surface area contributed by atoms with Crippen molar-refractivity contribution in [2.45, 2.75) is 50.7 Å². The van der Waals surface area contributed by atoms with Crippen LogP contribution in [-0.4, -0.2) is 40.9 Å². The second-order valence-corrected chi connectivity index (χ2v) is 7.37. The maximum absolute atomic E-state index is 12.4. The molecule has 0 radical (unpaired) electrons. The number of urea groups is 1. The van der Waals surface area contributed by atoms with Crippen LogP contribution in [0.1, 0.15) is 44.9 Å². The van der Waals surface area contributed by atoms with Gasteiger partial charge in [0.2, 0.25) is 0 Å². The molecule has 7 nitrogen and oxygen atoms in total. The lowest BCUT2D eigenvalue weighted by Gasteiger charge is -2.31. The van der Waals surface area contributed by atoms with E-state index in [4.69, 9.17) is 14.6 Å². The average Bonchev–Trinajstić information content (AvgIpc) is 2.98. The number of carboxylic acids is 1. The summed E-state index contributed by atoms with van der Waals surface area (Å²) in [5.74, 6) is -0.253. The largest absolute Gasteiger partial charge is 0.481 e. The molecule has 140 valence electrons. The predicted octanol–water partition coefficient (Wildman–Crippen LogP) is 3.45. The Kier molecular flexibility index (Phi) is 4.38. The molecule has 2 fully saturated rings. The van der Waals surface area contributed by atoms with Gasteiger partial charge >= 0.3 is 12.0 Å². The second kappa shape index (κ2) is 6.70. The van der Waals surface area contributed by atoms with Gasteiger partial charge in [-0.1, -0.05) is 6.42 Å². The monoisotopic (exact) mass is 360 g/mol. The summed E-state index contributed by atoms with van der Waals surface area (Å²) in [7, 11) is 0. The molecule has 1 aliphatic carbocycles. The molecule has 0 atom stereocenters. The lowest BCUT2D eigenvalue weighted by Crippen LogP contribution is -2.42. The number of ether oxygens (including phenoxy) is 2. The SMILES string of the molecule is O=C(O)C1CCN(C(=O)Nc2ccc3c(c2)OC2(CCCCC2)O3)CC1. The van der Waals surface area contributed by atoms with Gasteiger partial charge in [0.05, 0.1) is 5.92 Å². The van der Waals surface area contributed by atoms with E-state index >= 15 is 0 Å². The number of piperidine rings is 1. The zero-order chi connectivity index (χ0) is 18.1. The molecule has 2 heterocycles. The van der Waals surface area contributed by atoms with Gasteiger partial charge in [-0.2, -0.15) is 0 Å². The number of nitrogens with zero attached hydrogens (tertiary/aromatic N) is 1. The van der Waals surface area contributed by atoms with Crippen LogP contribution in [0.4, 0.5) is 10.5 Å². The molecule has 2 amide bonds. The molecule has 26 heavy (non-hydrogen) atoms. The van der Waals surface area contributed by atoms with Gasteiger partial charge in [0.15, 0.2) is 11.5 Å². The average molecular weight is 360 g/mol. The second-order valence-electron chi connectivity index (χ2n) is 7.37. The number of amides is 2. The summed E-state index contributed by atoms with van der Waals surface area (Å²) in [5.41, 5.74) is 0.658. The van der Waals surface area contributed by atoms with Gasteiger partial charge in [0.1, 0.15) is 0 Å². The lowest BCUT2D eigenvalue weighted by atomic mass is 9.94. The van der Waals surface area contributed by atoms with Crippen LogP contribution >= 0.6 is 0 Å². The maximum atomic E-state index is 12.4. The van der Waals surface area contributed by atoms with Crippen molar-refractivity contribution >= 4 is 17.7 Å². The van der Waals surface area contributed by atoms with Crippen LogP contribution in [0.5, 0.6) is 11.5 Å². The van der Waals surface area contributed by atoms with Crippen molar-refractivity contribution in [2.75, 3.05) is 18.4 Å². The Hall–Kier alpha value is -2.44. The first kappa shape index (κ1) is 17.0. The molecular formula is C19H24N2O5. The van der Waals surface area contributed by atoms with Crippen molar-refractivity contribution in [3.8, 4) is 11.5 Å². The van der Waals surface area contributed by atoms with Gasteiger partial charge in [-0.15, -0.1) is 0 Å². The molecule has 4 rings (SSSR count). The topological polar surface area (TPSA) is 88.1 Å². The third kappa shape index (κ3) is 3.30. The zero-order valence-electron chi connectivity index (χ0n) is 14.7. The van der Waals surface area contributed by atoms with Crippen molar-refractivity contribution in [3.63, 3.8) is 0 Å². The number of anilines is 1. The molecule has 3 aliphatic rings. The van der Waals surface area contributed by atoms with Crippen LogP contribution in [0.3, 0.4) is 0 Å². The Morgan fingerprint density at radius 3 is 2.46 bits per heavy atom. The van der Waals surface area contributed by atoms with Gasteiger partial charge < -0.3 is 24.8 Å². The first-order valence-corrected chi connectivity index (χ1v) is 9.35. The van der Waals surface area contributed by atoms with Crippen LogP contribution in [0.2, 0.25) is 0 Å². The molecule has 0 aromatic heterocycles. The summed E-state index contributed by atoms with van der Waals surface area (Å²) < 4.78 is 12.1. The minimum absolute atomic E-state index is 0.208. The van der Waals surface area contributed by atoms with Crippen LogP contribution in [-0.2, 0) is 4.79 Å².